The smallest absolute Gasteiger partial charge is 0.261 e. The Hall–Kier alpha value is -3.20. The second kappa shape index (κ2) is 8.66. The molecule has 0 aliphatic heterocycles. The lowest BCUT2D eigenvalue weighted by Crippen LogP contribution is -2.22. The van der Waals surface area contributed by atoms with Gasteiger partial charge in [-0.15, -0.1) is 0 Å². The highest BCUT2D eigenvalue weighted by molar-refractivity contribution is 6.08. The van der Waals surface area contributed by atoms with E-state index in [1.807, 2.05) is 6.20 Å². The number of carbonyl (C=O) groups excluding carboxylic acids is 1. The molecule has 3 heterocycles. The third-order valence-corrected chi connectivity index (χ3v) is 4.44. The van der Waals surface area contributed by atoms with E-state index in [9.17, 15) is 4.79 Å². The van der Waals surface area contributed by atoms with Crippen LogP contribution in [0.3, 0.4) is 0 Å². The highest BCUT2D eigenvalue weighted by atomic mass is 16.5. The van der Waals surface area contributed by atoms with Crippen molar-refractivity contribution in [2.45, 2.75) is 20.4 Å². The maximum Gasteiger partial charge on any atom is 0.261 e. The van der Waals surface area contributed by atoms with Gasteiger partial charge in [0.15, 0.2) is 5.65 Å². The van der Waals surface area contributed by atoms with Gasteiger partial charge >= 0.3 is 0 Å². The molecule has 0 atom stereocenters. The van der Waals surface area contributed by atoms with E-state index in [1.165, 1.54) is 20.4 Å². The van der Waals surface area contributed by atoms with Gasteiger partial charge in [-0.3, -0.25) is 9.69 Å². The van der Waals surface area contributed by atoms with Gasteiger partial charge in [-0.05, 0) is 19.2 Å². The van der Waals surface area contributed by atoms with Crippen LogP contribution in [-0.4, -0.2) is 57.7 Å². The van der Waals surface area contributed by atoms with Gasteiger partial charge in [-0.25, -0.2) is 9.50 Å². The first-order valence-corrected chi connectivity index (χ1v) is 9.04. The van der Waals surface area contributed by atoms with Gasteiger partial charge < -0.3 is 14.8 Å². The summed E-state index contributed by atoms with van der Waals surface area (Å²) >= 11 is 0. The second-order valence-corrected chi connectivity index (χ2v) is 6.11. The van der Waals surface area contributed by atoms with Crippen LogP contribution in [0.25, 0.3) is 5.65 Å². The van der Waals surface area contributed by atoms with Crippen LogP contribution in [0.5, 0.6) is 11.8 Å². The number of anilines is 1. The van der Waals surface area contributed by atoms with Crippen LogP contribution in [-0.2, 0) is 6.54 Å². The Morgan fingerprint density at radius 1 is 1.18 bits per heavy atom. The fraction of sp³-hybridized carbons (Fsp3) is 0.368. The fourth-order valence-corrected chi connectivity index (χ4v) is 2.84. The molecule has 3 aromatic rings. The number of hydrogen-bond acceptors (Lipinski definition) is 7. The largest absolute Gasteiger partial charge is 0.481 e. The SMILES string of the molecule is CCN(CC)Cc1cnc2c(C(=O)Nc3ccc(OC)nc3OC)cnn2c1. The van der Waals surface area contributed by atoms with Crippen LogP contribution in [0, 0.1) is 0 Å². The predicted octanol–water partition coefficient (Wildman–Crippen LogP) is 2.24. The zero-order chi connectivity index (χ0) is 20.1. The van der Waals surface area contributed by atoms with Crippen LogP contribution in [0.2, 0.25) is 0 Å². The first-order valence-electron chi connectivity index (χ1n) is 9.04. The number of ether oxygens (including phenoxy) is 2. The van der Waals surface area contributed by atoms with Crippen molar-refractivity contribution in [1.29, 1.82) is 0 Å². The van der Waals surface area contributed by atoms with E-state index < -0.39 is 0 Å². The molecule has 3 aromatic heterocycles. The quantitative estimate of drug-likeness (QED) is 0.636. The van der Waals surface area contributed by atoms with E-state index in [-0.39, 0.29) is 11.8 Å². The van der Waals surface area contributed by atoms with Crippen molar-refractivity contribution >= 4 is 17.2 Å². The van der Waals surface area contributed by atoms with Gasteiger partial charge in [0, 0.05) is 30.6 Å². The number of amides is 1. The molecule has 0 spiro atoms. The third-order valence-electron chi connectivity index (χ3n) is 4.44. The number of pyridine rings is 1. The minimum absolute atomic E-state index is 0.263. The highest BCUT2D eigenvalue weighted by Gasteiger charge is 2.17. The lowest BCUT2D eigenvalue weighted by atomic mass is 10.2. The third kappa shape index (κ3) is 4.04. The van der Waals surface area contributed by atoms with Crippen LogP contribution < -0.4 is 14.8 Å². The zero-order valence-electron chi connectivity index (χ0n) is 16.5. The molecule has 1 N–H and O–H groups in total. The maximum absolute atomic E-state index is 12.7. The Bertz CT molecular complexity index is 967. The van der Waals surface area contributed by atoms with Gasteiger partial charge in [0.2, 0.25) is 11.8 Å². The molecule has 9 heteroatoms. The standard InChI is InChI=1S/C19H24N6O3/c1-5-24(6-2)11-13-9-20-17-14(10-21-25(17)12-13)18(26)22-15-7-8-16(27-3)23-19(15)28-4/h7-10,12H,5-6,11H2,1-4H3,(H,22,26). The molecule has 0 fully saturated rings. The second-order valence-electron chi connectivity index (χ2n) is 6.11. The van der Waals surface area contributed by atoms with Crippen molar-refractivity contribution in [3.63, 3.8) is 0 Å². The van der Waals surface area contributed by atoms with E-state index in [4.69, 9.17) is 9.47 Å². The Balaban J connectivity index is 1.83. The van der Waals surface area contributed by atoms with Crippen molar-refractivity contribution in [3.8, 4) is 11.8 Å². The van der Waals surface area contributed by atoms with Gasteiger partial charge in [-0.1, -0.05) is 13.8 Å². The topological polar surface area (TPSA) is 93.9 Å². The summed E-state index contributed by atoms with van der Waals surface area (Å²) in [4.78, 5) is 23.6. The average molecular weight is 384 g/mol. The lowest BCUT2D eigenvalue weighted by Gasteiger charge is -2.17. The number of fused-ring (bicyclic) bond motifs is 1. The molecule has 0 aromatic carbocycles. The predicted molar refractivity (Wildman–Crippen MR) is 105 cm³/mol. The molecule has 0 unspecified atom stereocenters. The molecule has 1 amide bonds. The van der Waals surface area contributed by atoms with Crippen molar-refractivity contribution in [2.24, 2.45) is 0 Å². The molecule has 3 rings (SSSR count). The molecule has 0 bridgehead atoms. The summed E-state index contributed by atoms with van der Waals surface area (Å²) in [6.45, 7) is 6.94. The number of nitrogens with zero attached hydrogens (tertiary/aromatic N) is 5. The number of methoxy groups -OCH3 is 2. The minimum atomic E-state index is -0.343. The summed E-state index contributed by atoms with van der Waals surface area (Å²) in [5.41, 5.74) is 2.33. The lowest BCUT2D eigenvalue weighted by molar-refractivity contribution is 0.102. The Morgan fingerprint density at radius 3 is 2.64 bits per heavy atom. The van der Waals surface area contributed by atoms with E-state index in [0.717, 1.165) is 25.2 Å². The summed E-state index contributed by atoms with van der Waals surface area (Å²) in [5.74, 6) is 0.316. The molecule has 0 aliphatic rings. The van der Waals surface area contributed by atoms with Crippen LogP contribution >= 0.6 is 0 Å². The first kappa shape index (κ1) is 19.6. The van der Waals surface area contributed by atoms with Gasteiger partial charge in [0.05, 0.1) is 20.4 Å². The summed E-state index contributed by atoms with van der Waals surface area (Å²) in [6.07, 6.45) is 5.18. The average Bonchev–Trinajstić information content (AvgIpc) is 3.15. The molecule has 148 valence electrons. The summed E-state index contributed by atoms with van der Waals surface area (Å²) in [7, 11) is 2.99. The van der Waals surface area contributed by atoms with Crippen molar-refractivity contribution in [3.05, 3.63) is 41.9 Å². The fourth-order valence-electron chi connectivity index (χ4n) is 2.84. The Kier molecular flexibility index (Phi) is 6.05. The van der Waals surface area contributed by atoms with Gasteiger partial charge in [0.1, 0.15) is 11.3 Å². The van der Waals surface area contributed by atoms with Crippen LogP contribution in [0.1, 0.15) is 29.8 Å². The number of aromatic nitrogens is 4. The van der Waals surface area contributed by atoms with Crippen LogP contribution in [0.4, 0.5) is 5.69 Å². The molecular weight excluding hydrogens is 360 g/mol. The molecule has 9 nitrogen and oxygen atoms in total. The van der Waals surface area contributed by atoms with Gasteiger partial charge in [0.25, 0.3) is 5.91 Å². The number of carbonyl (C=O) groups is 1. The molecule has 0 saturated heterocycles. The normalized spacial score (nSPS) is 11.0. The minimum Gasteiger partial charge on any atom is -0.481 e. The van der Waals surface area contributed by atoms with Crippen molar-refractivity contribution < 1.29 is 14.3 Å². The molecule has 0 saturated carbocycles. The van der Waals surface area contributed by atoms with E-state index in [2.05, 4.69) is 39.1 Å². The molecule has 0 aliphatic carbocycles. The summed E-state index contributed by atoms with van der Waals surface area (Å²) < 4.78 is 11.9. The molecule has 28 heavy (non-hydrogen) atoms. The zero-order valence-corrected chi connectivity index (χ0v) is 16.5. The first-order chi connectivity index (χ1) is 13.6. The monoisotopic (exact) mass is 384 g/mol. The van der Waals surface area contributed by atoms with E-state index >= 15 is 0 Å². The number of hydrogen-bond donors (Lipinski definition) is 1. The summed E-state index contributed by atoms with van der Waals surface area (Å²) in [6, 6.07) is 3.32. The Morgan fingerprint density at radius 2 is 1.96 bits per heavy atom. The van der Waals surface area contributed by atoms with Crippen molar-refractivity contribution in [2.75, 3.05) is 32.6 Å². The van der Waals surface area contributed by atoms with Gasteiger partial charge in [-0.2, -0.15) is 10.1 Å². The number of rotatable bonds is 8. The highest BCUT2D eigenvalue weighted by Crippen LogP contribution is 2.25. The van der Waals surface area contributed by atoms with E-state index in [1.54, 1.807) is 22.8 Å². The maximum atomic E-state index is 12.7. The molecular formula is C19H24N6O3. The number of nitrogens with one attached hydrogen (secondary N) is 1. The molecule has 0 radical (unpaired) electrons. The van der Waals surface area contributed by atoms with Crippen molar-refractivity contribution in [1.82, 2.24) is 24.5 Å². The van der Waals surface area contributed by atoms with E-state index in [0.29, 0.717) is 22.8 Å². The summed E-state index contributed by atoms with van der Waals surface area (Å²) in [5, 5.41) is 7.07. The van der Waals surface area contributed by atoms with Crippen LogP contribution in [0.15, 0.2) is 30.7 Å². The Labute approximate surface area is 163 Å².